The van der Waals surface area contributed by atoms with Crippen molar-refractivity contribution < 1.29 is 4.79 Å². The van der Waals surface area contributed by atoms with Crippen molar-refractivity contribution in [1.29, 1.82) is 0 Å². The van der Waals surface area contributed by atoms with Crippen LogP contribution >= 0.6 is 11.6 Å². The lowest BCUT2D eigenvalue weighted by Gasteiger charge is -2.26. The zero-order valence-electron chi connectivity index (χ0n) is 13.0. The summed E-state index contributed by atoms with van der Waals surface area (Å²) in [4.78, 5) is 18.7. The molecule has 22 heavy (non-hydrogen) atoms. The van der Waals surface area contributed by atoms with Gasteiger partial charge < -0.3 is 4.90 Å². The average Bonchev–Trinajstić information content (AvgIpc) is 2.71. The molecular weight excluding hydrogens is 296 g/mol. The van der Waals surface area contributed by atoms with Gasteiger partial charge in [0.25, 0.3) is 0 Å². The van der Waals surface area contributed by atoms with E-state index in [1.807, 2.05) is 54.5 Å². The summed E-state index contributed by atoms with van der Waals surface area (Å²) in [6.45, 7) is 4.18. The molecular formula is C18H19ClN2O. The maximum atomic E-state index is 12.4. The number of carbonyl (C=O) groups excluding carboxylic acids is 1. The van der Waals surface area contributed by atoms with Crippen molar-refractivity contribution in [1.82, 2.24) is 9.88 Å². The SMILES string of the molecule is CN1C(=O)C(c2ccc(-c3cccc(Cl)c3)cn2)CC1(C)C. The van der Waals surface area contributed by atoms with Crippen LogP contribution in [0.5, 0.6) is 0 Å². The van der Waals surface area contributed by atoms with Crippen LogP contribution < -0.4 is 0 Å². The molecule has 3 rings (SSSR count). The molecule has 0 N–H and O–H groups in total. The summed E-state index contributed by atoms with van der Waals surface area (Å²) in [6.07, 6.45) is 2.62. The minimum atomic E-state index is -0.145. The second-order valence-electron chi connectivity index (χ2n) is 6.45. The summed E-state index contributed by atoms with van der Waals surface area (Å²) in [5.41, 5.74) is 2.76. The van der Waals surface area contributed by atoms with Gasteiger partial charge >= 0.3 is 0 Å². The Labute approximate surface area is 135 Å². The number of likely N-dealkylation sites (N-methyl/N-ethyl adjacent to an activating group) is 1. The van der Waals surface area contributed by atoms with Crippen molar-refractivity contribution in [3.63, 3.8) is 0 Å². The quantitative estimate of drug-likeness (QED) is 0.835. The van der Waals surface area contributed by atoms with Crippen molar-refractivity contribution in [2.24, 2.45) is 0 Å². The first kappa shape index (κ1) is 15.0. The van der Waals surface area contributed by atoms with Crippen LogP contribution in [0.2, 0.25) is 5.02 Å². The predicted octanol–water partition coefficient (Wildman–Crippen LogP) is 4.13. The van der Waals surface area contributed by atoms with Crippen LogP contribution in [0.3, 0.4) is 0 Å². The van der Waals surface area contributed by atoms with Gasteiger partial charge in [-0.3, -0.25) is 9.78 Å². The molecule has 2 aromatic rings. The summed E-state index contributed by atoms with van der Waals surface area (Å²) in [7, 11) is 1.86. The van der Waals surface area contributed by atoms with Gasteiger partial charge in [0.15, 0.2) is 0 Å². The molecule has 0 aliphatic carbocycles. The monoisotopic (exact) mass is 314 g/mol. The molecule has 1 unspecified atom stereocenters. The van der Waals surface area contributed by atoms with Crippen molar-refractivity contribution in [3.05, 3.63) is 53.3 Å². The molecule has 3 nitrogen and oxygen atoms in total. The molecule has 1 aliphatic rings. The maximum Gasteiger partial charge on any atom is 0.231 e. The number of hydrogen-bond acceptors (Lipinski definition) is 2. The van der Waals surface area contributed by atoms with Gasteiger partial charge in [-0.2, -0.15) is 0 Å². The summed E-state index contributed by atoms with van der Waals surface area (Å²) < 4.78 is 0. The molecule has 0 bridgehead atoms. The number of hydrogen-bond donors (Lipinski definition) is 0. The average molecular weight is 315 g/mol. The van der Waals surface area contributed by atoms with Crippen LogP contribution in [-0.4, -0.2) is 28.4 Å². The number of carbonyl (C=O) groups is 1. The highest BCUT2D eigenvalue weighted by atomic mass is 35.5. The molecule has 1 fully saturated rings. The Bertz CT molecular complexity index is 709. The summed E-state index contributed by atoms with van der Waals surface area (Å²) in [5, 5.41) is 0.705. The molecule has 4 heteroatoms. The van der Waals surface area contributed by atoms with Crippen LogP contribution in [0.15, 0.2) is 42.6 Å². The fraction of sp³-hybridized carbons (Fsp3) is 0.333. The van der Waals surface area contributed by atoms with Gasteiger partial charge in [-0.25, -0.2) is 0 Å². The highest BCUT2D eigenvalue weighted by molar-refractivity contribution is 6.30. The number of rotatable bonds is 2. The molecule has 114 valence electrons. The van der Waals surface area contributed by atoms with E-state index in [0.717, 1.165) is 23.2 Å². The van der Waals surface area contributed by atoms with E-state index in [1.165, 1.54) is 0 Å². The lowest BCUT2D eigenvalue weighted by molar-refractivity contribution is -0.130. The van der Waals surface area contributed by atoms with Crippen molar-refractivity contribution in [2.75, 3.05) is 7.05 Å². The third-order valence-corrected chi connectivity index (χ3v) is 4.78. The zero-order chi connectivity index (χ0) is 15.9. The predicted molar refractivity (Wildman–Crippen MR) is 88.9 cm³/mol. The van der Waals surface area contributed by atoms with Crippen LogP contribution in [0.4, 0.5) is 0 Å². The first-order valence-corrected chi connectivity index (χ1v) is 7.76. The Morgan fingerprint density at radius 3 is 2.55 bits per heavy atom. The number of aromatic nitrogens is 1. The molecule has 1 aromatic carbocycles. The van der Waals surface area contributed by atoms with Crippen LogP contribution in [0.25, 0.3) is 11.1 Å². The zero-order valence-corrected chi connectivity index (χ0v) is 13.8. The first-order valence-electron chi connectivity index (χ1n) is 7.38. The highest BCUT2D eigenvalue weighted by Gasteiger charge is 2.43. The topological polar surface area (TPSA) is 33.2 Å². The molecule has 1 aromatic heterocycles. The Kier molecular flexibility index (Phi) is 3.69. The van der Waals surface area contributed by atoms with Gasteiger partial charge in [0.05, 0.1) is 11.6 Å². The molecule has 0 spiro atoms. The Balaban J connectivity index is 1.88. The van der Waals surface area contributed by atoms with Gasteiger partial charge in [-0.1, -0.05) is 29.8 Å². The second kappa shape index (κ2) is 5.40. The van der Waals surface area contributed by atoms with Crippen molar-refractivity contribution in [3.8, 4) is 11.1 Å². The molecule has 2 heterocycles. The van der Waals surface area contributed by atoms with Crippen molar-refractivity contribution >= 4 is 17.5 Å². The van der Waals surface area contributed by atoms with Gasteiger partial charge in [0, 0.05) is 29.4 Å². The molecule has 1 amide bonds. The number of pyridine rings is 1. The van der Waals surface area contributed by atoms with E-state index in [-0.39, 0.29) is 17.4 Å². The summed E-state index contributed by atoms with van der Waals surface area (Å²) >= 11 is 6.03. The number of likely N-dealkylation sites (tertiary alicyclic amines) is 1. The first-order chi connectivity index (χ1) is 10.4. The van der Waals surface area contributed by atoms with E-state index in [2.05, 4.69) is 18.8 Å². The fourth-order valence-electron chi connectivity index (χ4n) is 2.94. The smallest absolute Gasteiger partial charge is 0.231 e. The fourth-order valence-corrected chi connectivity index (χ4v) is 3.13. The van der Waals surface area contributed by atoms with Crippen LogP contribution in [0.1, 0.15) is 31.9 Å². The van der Waals surface area contributed by atoms with Gasteiger partial charge in [0.1, 0.15) is 0 Å². The molecule has 1 saturated heterocycles. The minimum absolute atomic E-state index is 0.116. The van der Waals surface area contributed by atoms with Crippen LogP contribution in [0, 0.1) is 0 Å². The molecule has 0 radical (unpaired) electrons. The van der Waals surface area contributed by atoms with Gasteiger partial charge in [-0.15, -0.1) is 0 Å². The Morgan fingerprint density at radius 1 is 1.23 bits per heavy atom. The highest BCUT2D eigenvalue weighted by Crippen LogP contribution is 2.38. The number of halogens is 1. The Morgan fingerprint density at radius 2 is 2.00 bits per heavy atom. The van der Waals surface area contributed by atoms with E-state index >= 15 is 0 Å². The number of amides is 1. The van der Waals surface area contributed by atoms with E-state index < -0.39 is 0 Å². The van der Waals surface area contributed by atoms with E-state index in [1.54, 1.807) is 0 Å². The largest absolute Gasteiger partial charge is 0.340 e. The third kappa shape index (κ3) is 2.61. The Hall–Kier alpha value is -1.87. The summed E-state index contributed by atoms with van der Waals surface area (Å²) in [6, 6.07) is 11.6. The molecule has 0 saturated carbocycles. The third-order valence-electron chi connectivity index (χ3n) is 4.54. The van der Waals surface area contributed by atoms with Gasteiger partial charge in [-0.05, 0) is 44.0 Å². The number of benzene rings is 1. The van der Waals surface area contributed by atoms with Crippen molar-refractivity contribution in [2.45, 2.75) is 31.7 Å². The normalized spacial score (nSPS) is 20.5. The van der Waals surface area contributed by atoms with E-state index in [4.69, 9.17) is 11.6 Å². The molecule has 1 aliphatic heterocycles. The van der Waals surface area contributed by atoms with E-state index in [0.29, 0.717) is 5.02 Å². The lowest BCUT2D eigenvalue weighted by Crippen LogP contribution is -2.37. The number of nitrogens with zero attached hydrogens (tertiary/aromatic N) is 2. The standard InChI is InChI=1S/C18H19ClN2O/c1-18(2)10-15(17(22)21(18)3)16-8-7-13(11-20-16)12-5-4-6-14(19)9-12/h4-9,11,15H,10H2,1-3H3. The maximum absolute atomic E-state index is 12.4. The minimum Gasteiger partial charge on any atom is -0.340 e. The second-order valence-corrected chi connectivity index (χ2v) is 6.88. The van der Waals surface area contributed by atoms with E-state index in [9.17, 15) is 4.79 Å². The lowest BCUT2D eigenvalue weighted by atomic mass is 9.93. The van der Waals surface area contributed by atoms with Gasteiger partial charge in [0.2, 0.25) is 5.91 Å². The molecule has 1 atom stereocenters. The van der Waals surface area contributed by atoms with Crippen LogP contribution in [-0.2, 0) is 4.79 Å². The summed E-state index contributed by atoms with van der Waals surface area (Å²) in [5.74, 6) is 0.00131.